The maximum Gasteiger partial charge on any atom is 0.325 e. The van der Waals surface area contributed by atoms with Gasteiger partial charge in [-0.2, -0.15) is 0 Å². The second-order valence-corrected chi connectivity index (χ2v) is 6.71. The van der Waals surface area contributed by atoms with Crippen LogP contribution in [0.1, 0.15) is 23.6 Å². The van der Waals surface area contributed by atoms with Crippen molar-refractivity contribution in [2.75, 3.05) is 7.11 Å². The number of halogens is 1. The molecule has 0 saturated carbocycles. The van der Waals surface area contributed by atoms with Crippen LogP contribution in [0.25, 0.3) is 0 Å². The zero-order valence-electron chi connectivity index (χ0n) is 14.3. The Morgan fingerprint density at radius 1 is 1.16 bits per heavy atom. The molecule has 1 heterocycles. The van der Waals surface area contributed by atoms with E-state index >= 15 is 0 Å². The summed E-state index contributed by atoms with van der Waals surface area (Å²) in [6, 6.07) is 12.2. The molecule has 3 rings (SSSR count). The Kier molecular flexibility index (Phi) is 4.43. The Labute approximate surface area is 151 Å². The number of benzene rings is 2. The number of hydrogen-bond donors (Lipinski definition) is 1. The first-order chi connectivity index (χ1) is 11.8. The van der Waals surface area contributed by atoms with E-state index in [1.807, 2.05) is 31.2 Å². The highest BCUT2D eigenvalue weighted by atomic mass is 35.5. The number of ether oxygens (including phenoxy) is 1. The maximum absolute atomic E-state index is 13.0. The lowest BCUT2D eigenvalue weighted by Crippen LogP contribution is -2.40. The minimum absolute atomic E-state index is 0.0931. The summed E-state index contributed by atoms with van der Waals surface area (Å²) in [5.41, 5.74) is 1.42. The minimum atomic E-state index is -1.09. The Bertz CT molecular complexity index is 835. The van der Waals surface area contributed by atoms with E-state index in [9.17, 15) is 9.59 Å². The van der Waals surface area contributed by atoms with Crippen LogP contribution in [0.2, 0.25) is 5.02 Å². The van der Waals surface area contributed by atoms with Crippen molar-refractivity contribution in [1.29, 1.82) is 0 Å². The van der Waals surface area contributed by atoms with Gasteiger partial charge >= 0.3 is 6.03 Å². The third-order valence-corrected chi connectivity index (χ3v) is 4.71. The summed E-state index contributed by atoms with van der Waals surface area (Å²) in [6.07, 6.45) is 0. The molecule has 130 valence electrons. The van der Waals surface area contributed by atoms with E-state index < -0.39 is 11.6 Å². The van der Waals surface area contributed by atoms with E-state index in [-0.39, 0.29) is 12.5 Å². The number of nitrogens with one attached hydrogen (secondary N) is 1. The van der Waals surface area contributed by atoms with E-state index in [4.69, 9.17) is 16.3 Å². The van der Waals surface area contributed by atoms with Crippen LogP contribution in [0.15, 0.2) is 42.5 Å². The predicted molar refractivity (Wildman–Crippen MR) is 95.6 cm³/mol. The van der Waals surface area contributed by atoms with Gasteiger partial charge in [0.1, 0.15) is 11.3 Å². The van der Waals surface area contributed by atoms with Crippen molar-refractivity contribution < 1.29 is 14.3 Å². The van der Waals surface area contributed by atoms with Gasteiger partial charge in [-0.1, -0.05) is 41.4 Å². The van der Waals surface area contributed by atoms with Crippen LogP contribution in [0.5, 0.6) is 5.75 Å². The van der Waals surface area contributed by atoms with Crippen LogP contribution in [0.3, 0.4) is 0 Å². The van der Waals surface area contributed by atoms with Gasteiger partial charge in [0, 0.05) is 10.6 Å². The summed E-state index contributed by atoms with van der Waals surface area (Å²) in [6.45, 7) is 3.78. The minimum Gasteiger partial charge on any atom is -0.496 e. The van der Waals surface area contributed by atoms with E-state index in [0.29, 0.717) is 16.3 Å². The number of carbonyl (C=O) groups is 2. The molecule has 3 amide bonds. The van der Waals surface area contributed by atoms with Crippen molar-refractivity contribution in [3.63, 3.8) is 0 Å². The molecule has 0 spiro atoms. The summed E-state index contributed by atoms with van der Waals surface area (Å²) in [5.74, 6) is 0.275. The van der Waals surface area contributed by atoms with Crippen LogP contribution in [0.4, 0.5) is 4.79 Å². The molecule has 0 bridgehead atoms. The van der Waals surface area contributed by atoms with Crippen LogP contribution >= 0.6 is 11.6 Å². The molecule has 1 saturated heterocycles. The van der Waals surface area contributed by atoms with Crippen molar-refractivity contribution in [1.82, 2.24) is 10.2 Å². The molecule has 0 aliphatic carbocycles. The second-order valence-electron chi connectivity index (χ2n) is 6.27. The molecule has 2 aromatic rings. The van der Waals surface area contributed by atoms with Crippen molar-refractivity contribution >= 4 is 23.5 Å². The lowest BCUT2D eigenvalue weighted by atomic mass is 9.91. The Morgan fingerprint density at radius 2 is 1.84 bits per heavy atom. The van der Waals surface area contributed by atoms with Gasteiger partial charge in [0.2, 0.25) is 0 Å². The monoisotopic (exact) mass is 358 g/mol. The molecule has 1 aliphatic rings. The van der Waals surface area contributed by atoms with E-state index in [2.05, 4.69) is 5.32 Å². The van der Waals surface area contributed by atoms with Crippen molar-refractivity contribution in [2.45, 2.75) is 25.9 Å². The smallest absolute Gasteiger partial charge is 0.325 e. The number of imide groups is 1. The largest absolute Gasteiger partial charge is 0.496 e. The van der Waals surface area contributed by atoms with Gasteiger partial charge in [-0.25, -0.2) is 4.79 Å². The average molecular weight is 359 g/mol. The maximum atomic E-state index is 13.0. The summed E-state index contributed by atoms with van der Waals surface area (Å²) >= 11 is 6.04. The van der Waals surface area contributed by atoms with Gasteiger partial charge in [0.05, 0.1) is 13.7 Å². The van der Waals surface area contributed by atoms with Crippen LogP contribution in [-0.2, 0) is 16.9 Å². The fourth-order valence-electron chi connectivity index (χ4n) is 2.96. The van der Waals surface area contributed by atoms with Crippen molar-refractivity contribution in [2.24, 2.45) is 0 Å². The van der Waals surface area contributed by atoms with E-state index in [1.54, 1.807) is 25.1 Å². The molecule has 2 aromatic carbocycles. The van der Waals surface area contributed by atoms with Crippen LogP contribution in [0, 0.1) is 6.92 Å². The molecular weight excluding hydrogens is 340 g/mol. The molecule has 5 nitrogen and oxygen atoms in total. The SMILES string of the molecule is COc1ccc(Cl)cc1CN1C(=O)N[C@@](C)(c2ccc(C)cc2)C1=O. The Morgan fingerprint density at radius 3 is 2.48 bits per heavy atom. The van der Waals surface area contributed by atoms with E-state index in [0.717, 1.165) is 11.1 Å². The first-order valence-electron chi connectivity index (χ1n) is 7.89. The number of aryl methyl sites for hydroxylation is 1. The summed E-state index contributed by atoms with van der Waals surface area (Å²) in [7, 11) is 1.54. The molecule has 1 aliphatic heterocycles. The van der Waals surface area contributed by atoms with Gasteiger partial charge in [-0.3, -0.25) is 9.69 Å². The van der Waals surface area contributed by atoms with Crippen LogP contribution < -0.4 is 10.1 Å². The number of carbonyl (C=O) groups excluding carboxylic acids is 2. The first-order valence-corrected chi connectivity index (χ1v) is 8.26. The zero-order valence-corrected chi connectivity index (χ0v) is 15.1. The quantitative estimate of drug-likeness (QED) is 0.849. The molecule has 1 atom stereocenters. The zero-order chi connectivity index (χ0) is 18.2. The summed E-state index contributed by atoms with van der Waals surface area (Å²) in [4.78, 5) is 26.6. The fourth-order valence-corrected chi connectivity index (χ4v) is 3.16. The predicted octanol–water partition coefficient (Wildman–Crippen LogP) is 3.62. The summed E-state index contributed by atoms with van der Waals surface area (Å²) < 4.78 is 5.30. The Hall–Kier alpha value is -2.53. The topological polar surface area (TPSA) is 58.6 Å². The highest BCUT2D eigenvalue weighted by Crippen LogP contribution is 2.32. The lowest BCUT2D eigenvalue weighted by Gasteiger charge is -2.22. The second kappa shape index (κ2) is 6.41. The lowest BCUT2D eigenvalue weighted by molar-refractivity contribution is -0.131. The molecule has 0 unspecified atom stereocenters. The standard InChI is InChI=1S/C19H19ClN2O3/c1-12-4-6-14(7-5-12)19(2)17(23)22(18(24)21-19)11-13-10-15(20)8-9-16(13)25-3/h4-10H,11H2,1-3H3,(H,21,24)/t19-/m0/s1. The van der Waals surface area contributed by atoms with Gasteiger partial charge in [0.25, 0.3) is 5.91 Å². The number of methoxy groups -OCH3 is 1. The van der Waals surface area contributed by atoms with Gasteiger partial charge < -0.3 is 10.1 Å². The first kappa shape index (κ1) is 17.3. The molecule has 0 aromatic heterocycles. The number of nitrogens with zero attached hydrogens (tertiary/aromatic N) is 1. The number of hydrogen-bond acceptors (Lipinski definition) is 3. The van der Waals surface area contributed by atoms with Crippen molar-refractivity contribution in [3.05, 3.63) is 64.2 Å². The normalized spacial score (nSPS) is 19.9. The molecule has 25 heavy (non-hydrogen) atoms. The molecule has 0 radical (unpaired) electrons. The highest BCUT2D eigenvalue weighted by molar-refractivity contribution is 6.30. The van der Waals surface area contributed by atoms with Gasteiger partial charge in [-0.05, 0) is 37.6 Å². The molecule has 6 heteroatoms. The average Bonchev–Trinajstić information content (AvgIpc) is 2.80. The summed E-state index contributed by atoms with van der Waals surface area (Å²) in [5, 5.41) is 3.32. The number of urea groups is 1. The van der Waals surface area contributed by atoms with Gasteiger partial charge in [0.15, 0.2) is 0 Å². The molecule has 1 fully saturated rings. The van der Waals surface area contributed by atoms with E-state index in [1.165, 1.54) is 12.0 Å². The van der Waals surface area contributed by atoms with Crippen LogP contribution in [-0.4, -0.2) is 23.9 Å². The fraction of sp³-hybridized carbons (Fsp3) is 0.263. The van der Waals surface area contributed by atoms with Crippen molar-refractivity contribution in [3.8, 4) is 5.75 Å². The number of amides is 3. The van der Waals surface area contributed by atoms with Gasteiger partial charge in [-0.15, -0.1) is 0 Å². The third kappa shape index (κ3) is 3.07. The third-order valence-electron chi connectivity index (χ3n) is 4.47. The molecule has 1 N–H and O–H groups in total. The Balaban J connectivity index is 1.92. The highest BCUT2D eigenvalue weighted by Gasteiger charge is 2.49. The number of rotatable bonds is 4. The molecular formula is C19H19ClN2O3.